The van der Waals surface area contributed by atoms with Gasteiger partial charge in [-0.15, -0.1) is 0 Å². The highest BCUT2D eigenvalue weighted by atomic mass is 16.5. The zero-order valence-corrected chi connectivity index (χ0v) is 14.2. The van der Waals surface area contributed by atoms with Crippen molar-refractivity contribution in [3.63, 3.8) is 0 Å². The molecule has 5 heteroatoms. The predicted molar refractivity (Wildman–Crippen MR) is 92.3 cm³/mol. The van der Waals surface area contributed by atoms with Crippen LogP contribution in [0.2, 0.25) is 0 Å². The molecule has 0 bridgehead atoms. The highest BCUT2D eigenvalue weighted by Gasteiger charge is 2.12. The Balaban J connectivity index is 1.76. The van der Waals surface area contributed by atoms with Crippen molar-refractivity contribution in [2.75, 3.05) is 26.1 Å². The molecule has 2 rings (SSSR count). The van der Waals surface area contributed by atoms with Crippen LogP contribution in [0.1, 0.15) is 44.9 Å². The normalized spacial score (nSPS) is 15.7. The molecule has 1 aliphatic rings. The maximum atomic E-state index is 12.1. The first-order chi connectivity index (χ1) is 11.2. The molecule has 5 nitrogen and oxygen atoms in total. The van der Waals surface area contributed by atoms with Crippen LogP contribution < -0.4 is 20.1 Å². The minimum Gasteiger partial charge on any atom is -0.493 e. The van der Waals surface area contributed by atoms with Crippen molar-refractivity contribution < 1.29 is 14.3 Å². The Labute approximate surface area is 138 Å². The van der Waals surface area contributed by atoms with E-state index in [2.05, 4.69) is 10.6 Å². The SMILES string of the molecule is COc1ccc(NC(=O)CCNC2CCCCCC2)cc1OC. The molecular formula is C18H28N2O3. The second-order valence-electron chi connectivity index (χ2n) is 6.01. The maximum Gasteiger partial charge on any atom is 0.225 e. The molecule has 1 aromatic rings. The molecule has 1 fully saturated rings. The van der Waals surface area contributed by atoms with Gasteiger partial charge in [-0.3, -0.25) is 4.79 Å². The second kappa shape index (κ2) is 9.40. The fourth-order valence-corrected chi connectivity index (χ4v) is 3.01. The third-order valence-corrected chi connectivity index (χ3v) is 4.31. The van der Waals surface area contributed by atoms with Crippen LogP contribution in [-0.4, -0.2) is 32.7 Å². The molecule has 1 aromatic carbocycles. The molecule has 1 aliphatic carbocycles. The Morgan fingerprint density at radius 2 is 1.78 bits per heavy atom. The number of rotatable bonds is 7. The van der Waals surface area contributed by atoms with E-state index in [9.17, 15) is 4.79 Å². The maximum absolute atomic E-state index is 12.1. The molecule has 128 valence electrons. The van der Waals surface area contributed by atoms with Gasteiger partial charge in [0.05, 0.1) is 14.2 Å². The molecule has 0 aliphatic heterocycles. The lowest BCUT2D eigenvalue weighted by molar-refractivity contribution is -0.116. The number of amides is 1. The summed E-state index contributed by atoms with van der Waals surface area (Å²) < 4.78 is 10.4. The van der Waals surface area contributed by atoms with Gasteiger partial charge in [-0.1, -0.05) is 25.7 Å². The molecule has 0 heterocycles. The van der Waals surface area contributed by atoms with E-state index < -0.39 is 0 Å². The zero-order valence-electron chi connectivity index (χ0n) is 14.2. The number of benzene rings is 1. The number of hydrogen-bond donors (Lipinski definition) is 2. The molecule has 0 radical (unpaired) electrons. The van der Waals surface area contributed by atoms with Crippen molar-refractivity contribution in [2.45, 2.75) is 51.0 Å². The van der Waals surface area contributed by atoms with Gasteiger partial charge in [0.1, 0.15) is 0 Å². The molecule has 0 saturated heterocycles. The third-order valence-electron chi connectivity index (χ3n) is 4.31. The van der Waals surface area contributed by atoms with Gasteiger partial charge in [-0.25, -0.2) is 0 Å². The monoisotopic (exact) mass is 320 g/mol. The van der Waals surface area contributed by atoms with E-state index in [1.54, 1.807) is 26.4 Å². The Kier molecular flexibility index (Phi) is 7.20. The number of nitrogens with one attached hydrogen (secondary N) is 2. The molecule has 1 amide bonds. The Hall–Kier alpha value is -1.75. The van der Waals surface area contributed by atoms with Gasteiger partial charge in [0, 0.05) is 30.8 Å². The average molecular weight is 320 g/mol. The third kappa shape index (κ3) is 5.75. The fraction of sp³-hybridized carbons (Fsp3) is 0.611. The first kappa shape index (κ1) is 17.6. The van der Waals surface area contributed by atoms with Crippen molar-refractivity contribution in [3.05, 3.63) is 18.2 Å². The predicted octanol–water partition coefficient (Wildman–Crippen LogP) is 3.34. The van der Waals surface area contributed by atoms with Crippen LogP contribution in [0.4, 0.5) is 5.69 Å². The summed E-state index contributed by atoms with van der Waals surface area (Å²) in [4.78, 5) is 12.1. The zero-order chi connectivity index (χ0) is 16.5. The van der Waals surface area contributed by atoms with E-state index in [1.807, 2.05) is 6.07 Å². The summed E-state index contributed by atoms with van der Waals surface area (Å²) >= 11 is 0. The first-order valence-corrected chi connectivity index (χ1v) is 8.48. The Morgan fingerprint density at radius 1 is 1.09 bits per heavy atom. The van der Waals surface area contributed by atoms with Gasteiger partial charge in [-0.2, -0.15) is 0 Å². The van der Waals surface area contributed by atoms with Crippen molar-refractivity contribution in [2.24, 2.45) is 0 Å². The highest BCUT2D eigenvalue weighted by Crippen LogP contribution is 2.29. The van der Waals surface area contributed by atoms with E-state index in [-0.39, 0.29) is 5.91 Å². The molecule has 0 aromatic heterocycles. The van der Waals surface area contributed by atoms with E-state index in [0.717, 1.165) is 12.2 Å². The summed E-state index contributed by atoms with van der Waals surface area (Å²) in [6.07, 6.45) is 8.24. The number of carbonyl (C=O) groups is 1. The summed E-state index contributed by atoms with van der Waals surface area (Å²) in [5.41, 5.74) is 0.724. The summed E-state index contributed by atoms with van der Waals surface area (Å²) in [5, 5.41) is 6.42. The van der Waals surface area contributed by atoms with Crippen LogP contribution in [0.5, 0.6) is 11.5 Å². The molecule has 1 saturated carbocycles. The smallest absolute Gasteiger partial charge is 0.225 e. The summed E-state index contributed by atoms with van der Waals surface area (Å²) in [6.45, 7) is 0.726. The van der Waals surface area contributed by atoms with Crippen molar-refractivity contribution in [3.8, 4) is 11.5 Å². The van der Waals surface area contributed by atoms with Crippen molar-refractivity contribution >= 4 is 11.6 Å². The lowest BCUT2D eigenvalue weighted by Gasteiger charge is -2.16. The summed E-state index contributed by atoms with van der Waals surface area (Å²) in [6, 6.07) is 5.96. The summed E-state index contributed by atoms with van der Waals surface area (Å²) in [5.74, 6) is 1.28. The van der Waals surface area contributed by atoms with E-state index in [4.69, 9.17) is 9.47 Å². The van der Waals surface area contributed by atoms with Crippen LogP contribution in [-0.2, 0) is 4.79 Å². The quantitative estimate of drug-likeness (QED) is 0.757. The summed E-state index contributed by atoms with van der Waals surface area (Å²) in [7, 11) is 3.18. The number of hydrogen-bond acceptors (Lipinski definition) is 4. The van der Waals surface area contributed by atoms with E-state index >= 15 is 0 Å². The Morgan fingerprint density at radius 3 is 2.43 bits per heavy atom. The molecule has 23 heavy (non-hydrogen) atoms. The van der Waals surface area contributed by atoms with Crippen LogP contribution >= 0.6 is 0 Å². The number of ether oxygens (including phenoxy) is 2. The van der Waals surface area contributed by atoms with Gasteiger partial charge in [0.2, 0.25) is 5.91 Å². The van der Waals surface area contributed by atoms with Gasteiger partial charge in [0.25, 0.3) is 0 Å². The molecule has 0 unspecified atom stereocenters. The van der Waals surface area contributed by atoms with E-state index in [1.165, 1.54) is 38.5 Å². The highest BCUT2D eigenvalue weighted by molar-refractivity contribution is 5.91. The molecule has 2 N–H and O–H groups in total. The largest absolute Gasteiger partial charge is 0.493 e. The molecular weight excluding hydrogens is 292 g/mol. The minimum atomic E-state index is 0.0124. The van der Waals surface area contributed by atoms with Gasteiger partial charge in [0.15, 0.2) is 11.5 Å². The van der Waals surface area contributed by atoms with Crippen LogP contribution in [0.15, 0.2) is 18.2 Å². The lowest BCUT2D eigenvalue weighted by Crippen LogP contribution is -2.31. The van der Waals surface area contributed by atoms with Crippen LogP contribution in [0, 0.1) is 0 Å². The first-order valence-electron chi connectivity index (χ1n) is 8.48. The van der Waals surface area contributed by atoms with Gasteiger partial charge in [-0.05, 0) is 25.0 Å². The van der Waals surface area contributed by atoms with Crippen molar-refractivity contribution in [1.82, 2.24) is 5.32 Å². The lowest BCUT2D eigenvalue weighted by atomic mass is 10.1. The van der Waals surface area contributed by atoms with Crippen LogP contribution in [0.25, 0.3) is 0 Å². The molecule has 0 spiro atoms. The fourth-order valence-electron chi connectivity index (χ4n) is 3.01. The molecule has 0 atom stereocenters. The van der Waals surface area contributed by atoms with Crippen molar-refractivity contribution in [1.29, 1.82) is 0 Å². The topological polar surface area (TPSA) is 59.6 Å². The van der Waals surface area contributed by atoms with E-state index in [0.29, 0.717) is 24.0 Å². The Bertz CT molecular complexity index is 497. The average Bonchev–Trinajstić information content (AvgIpc) is 2.83. The van der Waals surface area contributed by atoms with Gasteiger partial charge < -0.3 is 20.1 Å². The number of carbonyl (C=O) groups excluding carboxylic acids is 1. The number of methoxy groups -OCH3 is 2. The minimum absolute atomic E-state index is 0.0124. The van der Waals surface area contributed by atoms with Gasteiger partial charge >= 0.3 is 0 Å². The number of anilines is 1. The standard InChI is InChI=1S/C18H28N2O3/c1-22-16-10-9-15(13-17(16)23-2)20-18(21)11-12-19-14-7-5-3-4-6-8-14/h9-10,13-14,19H,3-8,11-12H2,1-2H3,(H,20,21). The second-order valence-corrected chi connectivity index (χ2v) is 6.01. The van der Waals surface area contributed by atoms with Crippen LogP contribution in [0.3, 0.4) is 0 Å².